The number of aromatic hydroxyl groups is 1. The van der Waals surface area contributed by atoms with Gasteiger partial charge in [0.05, 0.1) is 3.57 Å². The molecular formula is C14H18INO4. The molecule has 0 aromatic heterocycles. The second-order valence-electron chi connectivity index (χ2n) is 4.75. The lowest BCUT2D eigenvalue weighted by Gasteiger charge is -2.11. The molecule has 0 aliphatic rings. The predicted molar refractivity (Wildman–Crippen MR) is 83.8 cm³/mol. The number of rotatable bonds is 7. The first kappa shape index (κ1) is 16.7. The van der Waals surface area contributed by atoms with Crippen LogP contribution in [-0.2, 0) is 4.79 Å². The molecule has 3 N–H and O–H groups in total. The number of aliphatic carboxylic acids is 1. The molecule has 0 saturated heterocycles. The van der Waals surface area contributed by atoms with Crippen LogP contribution in [0.25, 0.3) is 0 Å². The molecule has 0 spiro atoms. The third-order valence-corrected chi connectivity index (χ3v) is 3.89. The van der Waals surface area contributed by atoms with Gasteiger partial charge in [0.2, 0.25) is 0 Å². The summed E-state index contributed by atoms with van der Waals surface area (Å²) in [5.74, 6) is -0.693. The van der Waals surface area contributed by atoms with Crippen molar-refractivity contribution in [3.63, 3.8) is 0 Å². The Hall–Kier alpha value is -1.31. The molecule has 5 nitrogen and oxygen atoms in total. The van der Waals surface area contributed by atoms with Gasteiger partial charge in [0, 0.05) is 18.5 Å². The van der Waals surface area contributed by atoms with Crippen LogP contribution in [-0.4, -0.2) is 28.6 Å². The summed E-state index contributed by atoms with van der Waals surface area (Å²) >= 11 is 1.99. The van der Waals surface area contributed by atoms with E-state index >= 15 is 0 Å². The van der Waals surface area contributed by atoms with Crippen LogP contribution in [0.4, 0.5) is 0 Å². The van der Waals surface area contributed by atoms with E-state index in [9.17, 15) is 14.7 Å². The predicted octanol–water partition coefficient (Wildman–Crippen LogP) is 2.62. The molecule has 1 unspecified atom stereocenters. The highest BCUT2D eigenvalue weighted by molar-refractivity contribution is 14.1. The summed E-state index contributed by atoms with van der Waals surface area (Å²) in [6.07, 6.45) is 1.49. The standard InChI is InChI=1S/C14H18INO4/c1-9(2-5-13(18)19)6-7-16-14(20)10-3-4-11(15)12(17)8-10/h3-4,8-9,17H,2,5-7H2,1H3,(H,16,20)(H,18,19). The van der Waals surface area contributed by atoms with E-state index in [1.807, 2.05) is 29.5 Å². The number of carboxylic acid groups (broad SMARTS) is 1. The van der Waals surface area contributed by atoms with Crippen LogP contribution in [0, 0.1) is 9.49 Å². The molecule has 110 valence electrons. The lowest BCUT2D eigenvalue weighted by molar-refractivity contribution is -0.137. The number of benzene rings is 1. The number of phenols is 1. The molecular weight excluding hydrogens is 373 g/mol. The van der Waals surface area contributed by atoms with E-state index < -0.39 is 5.97 Å². The van der Waals surface area contributed by atoms with Crippen LogP contribution in [0.5, 0.6) is 5.75 Å². The fourth-order valence-corrected chi connectivity index (χ4v) is 2.04. The topological polar surface area (TPSA) is 86.6 Å². The fraction of sp³-hybridized carbons (Fsp3) is 0.429. The third-order valence-electron chi connectivity index (χ3n) is 2.98. The minimum absolute atomic E-state index is 0.0908. The summed E-state index contributed by atoms with van der Waals surface area (Å²) in [5, 5.41) is 20.9. The zero-order valence-corrected chi connectivity index (χ0v) is 13.4. The summed E-state index contributed by atoms with van der Waals surface area (Å²) < 4.78 is 0.696. The van der Waals surface area contributed by atoms with Crippen LogP contribution in [0.3, 0.4) is 0 Å². The molecule has 1 atom stereocenters. The maximum absolute atomic E-state index is 11.8. The normalized spacial score (nSPS) is 11.9. The highest BCUT2D eigenvalue weighted by atomic mass is 127. The van der Waals surface area contributed by atoms with Gasteiger partial charge in [-0.05, 0) is 59.5 Å². The second kappa shape index (κ2) is 8.08. The Morgan fingerprint density at radius 3 is 2.65 bits per heavy atom. The smallest absolute Gasteiger partial charge is 0.303 e. The van der Waals surface area contributed by atoms with Crippen molar-refractivity contribution in [3.05, 3.63) is 27.3 Å². The van der Waals surface area contributed by atoms with Gasteiger partial charge in [-0.15, -0.1) is 0 Å². The maximum Gasteiger partial charge on any atom is 0.303 e. The zero-order valence-electron chi connectivity index (χ0n) is 11.2. The Morgan fingerprint density at radius 2 is 2.05 bits per heavy atom. The van der Waals surface area contributed by atoms with Crippen molar-refractivity contribution in [1.29, 1.82) is 0 Å². The molecule has 0 bridgehead atoms. The third kappa shape index (κ3) is 5.77. The minimum Gasteiger partial charge on any atom is -0.507 e. The Bertz CT molecular complexity index is 490. The van der Waals surface area contributed by atoms with Crippen LogP contribution in [0.1, 0.15) is 36.5 Å². The van der Waals surface area contributed by atoms with E-state index in [4.69, 9.17) is 5.11 Å². The first-order chi connectivity index (χ1) is 9.40. The SMILES string of the molecule is CC(CCNC(=O)c1ccc(I)c(O)c1)CCC(=O)O. The Kier molecular flexibility index (Phi) is 6.77. The molecule has 20 heavy (non-hydrogen) atoms. The number of phenolic OH excluding ortho intramolecular Hbond substituents is 1. The molecule has 1 aromatic carbocycles. The Balaban J connectivity index is 2.36. The van der Waals surface area contributed by atoms with Crippen molar-refractivity contribution in [1.82, 2.24) is 5.32 Å². The van der Waals surface area contributed by atoms with Crippen molar-refractivity contribution < 1.29 is 19.8 Å². The number of halogens is 1. The number of carbonyl (C=O) groups excluding carboxylic acids is 1. The lowest BCUT2D eigenvalue weighted by atomic mass is 10.0. The minimum atomic E-state index is -0.796. The number of carbonyl (C=O) groups is 2. The number of carboxylic acids is 1. The van der Waals surface area contributed by atoms with Crippen molar-refractivity contribution >= 4 is 34.5 Å². The Labute approximate surface area is 131 Å². The lowest BCUT2D eigenvalue weighted by Crippen LogP contribution is -2.25. The van der Waals surface area contributed by atoms with E-state index in [-0.39, 0.29) is 24.0 Å². The van der Waals surface area contributed by atoms with Crippen LogP contribution < -0.4 is 5.32 Å². The van der Waals surface area contributed by atoms with E-state index in [1.54, 1.807) is 12.1 Å². The van der Waals surface area contributed by atoms with Gasteiger partial charge >= 0.3 is 5.97 Å². The molecule has 0 fully saturated rings. The summed E-state index contributed by atoms with van der Waals surface area (Å²) in [7, 11) is 0. The summed E-state index contributed by atoms with van der Waals surface area (Å²) in [6.45, 7) is 2.46. The molecule has 1 amide bonds. The largest absolute Gasteiger partial charge is 0.507 e. The highest BCUT2D eigenvalue weighted by Gasteiger charge is 2.09. The molecule has 0 aliphatic heterocycles. The molecule has 0 saturated carbocycles. The number of hydrogen-bond donors (Lipinski definition) is 3. The number of amides is 1. The van der Waals surface area contributed by atoms with Crippen LogP contribution in [0.15, 0.2) is 18.2 Å². The van der Waals surface area contributed by atoms with Gasteiger partial charge in [-0.2, -0.15) is 0 Å². The van der Waals surface area contributed by atoms with E-state index in [1.165, 1.54) is 6.07 Å². The molecule has 1 rings (SSSR count). The van der Waals surface area contributed by atoms with Gasteiger partial charge in [0.1, 0.15) is 5.75 Å². The monoisotopic (exact) mass is 391 g/mol. The van der Waals surface area contributed by atoms with Gasteiger partial charge in [0.15, 0.2) is 0 Å². The van der Waals surface area contributed by atoms with Gasteiger partial charge < -0.3 is 15.5 Å². The average molecular weight is 391 g/mol. The molecule has 6 heteroatoms. The van der Waals surface area contributed by atoms with E-state index in [0.717, 1.165) is 6.42 Å². The van der Waals surface area contributed by atoms with Gasteiger partial charge in [-0.3, -0.25) is 9.59 Å². The maximum atomic E-state index is 11.8. The van der Waals surface area contributed by atoms with E-state index in [2.05, 4.69) is 5.32 Å². The van der Waals surface area contributed by atoms with Crippen molar-refractivity contribution in [2.75, 3.05) is 6.54 Å². The van der Waals surface area contributed by atoms with Crippen molar-refractivity contribution in [2.45, 2.75) is 26.2 Å². The van der Waals surface area contributed by atoms with Crippen LogP contribution in [0.2, 0.25) is 0 Å². The fourth-order valence-electron chi connectivity index (χ4n) is 1.70. The average Bonchev–Trinajstić information content (AvgIpc) is 2.39. The molecule has 0 heterocycles. The van der Waals surface area contributed by atoms with Gasteiger partial charge in [-0.25, -0.2) is 0 Å². The number of hydrogen-bond acceptors (Lipinski definition) is 3. The number of nitrogens with one attached hydrogen (secondary N) is 1. The summed E-state index contributed by atoms with van der Waals surface area (Å²) in [6, 6.07) is 4.77. The van der Waals surface area contributed by atoms with Crippen LogP contribution >= 0.6 is 22.6 Å². The van der Waals surface area contributed by atoms with Crippen molar-refractivity contribution in [3.8, 4) is 5.75 Å². The molecule has 0 radical (unpaired) electrons. The Morgan fingerprint density at radius 1 is 1.35 bits per heavy atom. The molecule has 0 aliphatic carbocycles. The summed E-state index contributed by atoms with van der Waals surface area (Å²) in [4.78, 5) is 22.3. The first-order valence-corrected chi connectivity index (χ1v) is 7.46. The van der Waals surface area contributed by atoms with Crippen molar-refractivity contribution in [2.24, 2.45) is 5.92 Å². The first-order valence-electron chi connectivity index (χ1n) is 6.38. The van der Waals surface area contributed by atoms with Gasteiger partial charge in [0.25, 0.3) is 5.91 Å². The quantitative estimate of drug-likeness (QED) is 0.624. The van der Waals surface area contributed by atoms with Gasteiger partial charge in [-0.1, -0.05) is 6.92 Å². The van der Waals surface area contributed by atoms with E-state index in [0.29, 0.717) is 22.1 Å². The zero-order chi connectivity index (χ0) is 15.1. The second-order valence-corrected chi connectivity index (χ2v) is 5.91. The summed E-state index contributed by atoms with van der Waals surface area (Å²) in [5.41, 5.74) is 0.418. The highest BCUT2D eigenvalue weighted by Crippen LogP contribution is 2.20. The molecule has 1 aromatic rings.